The lowest BCUT2D eigenvalue weighted by molar-refractivity contribution is 0.353. The van der Waals surface area contributed by atoms with Crippen LogP contribution in [0.25, 0.3) is 11.2 Å². The molecule has 1 unspecified atom stereocenters. The summed E-state index contributed by atoms with van der Waals surface area (Å²) in [6.07, 6.45) is 5.65. The minimum absolute atomic E-state index is 0.289. The Kier molecular flexibility index (Phi) is 3.29. The molecule has 1 aliphatic heterocycles. The third kappa shape index (κ3) is 2.51. The summed E-state index contributed by atoms with van der Waals surface area (Å²) < 4.78 is 0. The van der Waals surface area contributed by atoms with Crippen molar-refractivity contribution in [3.05, 3.63) is 24.5 Å². The van der Waals surface area contributed by atoms with Gasteiger partial charge in [-0.15, -0.1) is 0 Å². The number of pyridine rings is 1. The molecule has 2 aromatic rings. The maximum atomic E-state index is 5.97. The van der Waals surface area contributed by atoms with Crippen molar-refractivity contribution in [3.63, 3.8) is 0 Å². The molecular formula is C14H19N5. The maximum absolute atomic E-state index is 5.97. The van der Waals surface area contributed by atoms with Crippen LogP contribution in [0.15, 0.2) is 24.5 Å². The Bertz CT molecular complexity index is 561. The molecule has 3 rings (SSSR count). The molecule has 2 N–H and O–H groups in total. The lowest BCUT2D eigenvalue weighted by Crippen LogP contribution is -2.40. The molecule has 0 aromatic carbocycles. The van der Waals surface area contributed by atoms with Crippen molar-refractivity contribution in [2.24, 2.45) is 11.7 Å². The fraction of sp³-hybridized carbons (Fsp3) is 0.500. The first-order chi connectivity index (χ1) is 9.24. The minimum atomic E-state index is 0.289. The second kappa shape index (κ2) is 5.09. The Morgan fingerprint density at radius 3 is 2.68 bits per heavy atom. The quantitative estimate of drug-likeness (QED) is 0.884. The lowest BCUT2D eigenvalue weighted by Gasteiger charge is -2.34. The Balaban J connectivity index is 1.78. The SMILES string of the molecule is CC(N)C1CCN(c2ccc3nccnc3n2)CC1. The molecule has 1 saturated heterocycles. The molecule has 1 fully saturated rings. The van der Waals surface area contributed by atoms with Gasteiger partial charge in [-0.1, -0.05) is 0 Å². The number of hydrogen-bond acceptors (Lipinski definition) is 5. The number of anilines is 1. The summed E-state index contributed by atoms with van der Waals surface area (Å²) in [5.74, 6) is 1.63. The highest BCUT2D eigenvalue weighted by molar-refractivity contribution is 5.71. The number of rotatable bonds is 2. The summed E-state index contributed by atoms with van der Waals surface area (Å²) in [6.45, 7) is 4.14. The summed E-state index contributed by atoms with van der Waals surface area (Å²) >= 11 is 0. The zero-order chi connectivity index (χ0) is 13.2. The van der Waals surface area contributed by atoms with Gasteiger partial charge in [0.05, 0.1) is 0 Å². The van der Waals surface area contributed by atoms with Gasteiger partial charge in [-0.05, 0) is 37.8 Å². The molecule has 100 valence electrons. The van der Waals surface area contributed by atoms with Crippen molar-refractivity contribution < 1.29 is 0 Å². The van der Waals surface area contributed by atoms with Crippen LogP contribution in [0.2, 0.25) is 0 Å². The third-order valence-corrected chi connectivity index (χ3v) is 3.92. The molecule has 19 heavy (non-hydrogen) atoms. The number of nitrogens with two attached hydrogens (primary N) is 1. The van der Waals surface area contributed by atoms with Gasteiger partial charge in [-0.25, -0.2) is 9.97 Å². The standard InChI is InChI=1S/C14H19N5/c1-10(15)11-4-8-19(9-5-11)13-3-2-12-14(18-13)17-7-6-16-12/h2-3,6-7,10-11H,4-5,8-9,15H2,1H3. The van der Waals surface area contributed by atoms with Crippen molar-refractivity contribution in [3.8, 4) is 0 Å². The topological polar surface area (TPSA) is 67.9 Å². The number of nitrogens with zero attached hydrogens (tertiary/aromatic N) is 4. The van der Waals surface area contributed by atoms with Gasteiger partial charge < -0.3 is 10.6 Å². The van der Waals surface area contributed by atoms with Crippen LogP contribution in [0.4, 0.5) is 5.82 Å². The fourth-order valence-electron chi connectivity index (χ4n) is 2.67. The van der Waals surface area contributed by atoms with Gasteiger partial charge in [0.1, 0.15) is 11.3 Å². The summed E-state index contributed by atoms with van der Waals surface area (Å²) in [7, 11) is 0. The molecule has 0 radical (unpaired) electrons. The molecule has 1 aliphatic rings. The van der Waals surface area contributed by atoms with Crippen molar-refractivity contribution in [2.45, 2.75) is 25.8 Å². The first-order valence-electron chi connectivity index (χ1n) is 6.82. The highest BCUT2D eigenvalue weighted by Gasteiger charge is 2.22. The van der Waals surface area contributed by atoms with E-state index in [1.165, 1.54) is 0 Å². The normalized spacial score (nSPS) is 18.7. The zero-order valence-corrected chi connectivity index (χ0v) is 11.2. The highest BCUT2D eigenvalue weighted by atomic mass is 15.2. The lowest BCUT2D eigenvalue weighted by atomic mass is 9.91. The Morgan fingerprint density at radius 1 is 1.21 bits per heavy atom. The summed E-state index contributed by atoms with van der Waals surface area (Å²) in [5, 5.41) is 0. The van der Waals surface area contributed by atoms with E-state index in [0.717, 1.165) is 37.3 Å². The molecular weight excluding hydrogens is 238 g/mol. The largest absolute Gasteiger partial charge is 0.357 e. The number of aromatic nitrogens is 3. The number of hydrogen-bond donors (Lipinski definition) is 1. The molecule has 0 saturated carbocycles. The molecule has 0 bridgehead atoms. The Morgan fingerprint density at radius 2 is 1.95 bits per heavy atom. The van der Waals surface area contributed by atoms with Crippen LogP contribution >= 0.6 is 0 Å². The molecule has 3 heterocycles. The van der Waals surface area contributed by atoms with Crippen molar-refractivity contribution in [1.82, 2.24) is 15.0 Å². The second-order valence-corrected chi connectivity index (χ2v) is 5.25. The zero-order valence-electron chi connectivity index (χ0n) is 11.2. The van der Waals surface area contributed by atoms with E-state index in [1.807, 2.05) is 12.1 Å². The van der Waals surface area contributed by atoms with E-state index in [1.54, 1.807) is 12.4 Å². The van der Waals surface area contributed by atoms with Gasteiger partial charge in [-0.3, -0.25) is 4.98 Å². The second-order valence-electron chi connectivity index (χ2n) is 5.25. The molecule has 0 amide bonds. The van der Waals surface area contributed by atoms with Crippen LogP contribution in [0.3, 0.4) is 0 Å². The van der Waals surface area contributed by atoms with Gasteiger partial charge in [0.2, 0.25) is 0 Å². The highest BCUT2D eigenvalue weighted by Crippen LogP contribution is 2.24. The van der Waals surface area contributed by atoms with Crippen molar-refractivity contribution >= 4 is 17.0 Å². The van der Waals surface area contributed by atoms with Gasteiger partial charge in [0.15, 0.2) is 5.65 Å². The maximum Gasteiger partial charge on any atom is 0.180 e. The van der Waals surface area contributed by atoms with E-state index in [2.05, 4.69) is 26.8 Å². The Labute approximate surface area is 112 Å². The van der Waals surface area contributed by atoms with Crippen molar-refractivity contribution in [1.29, 1.82) is 0 Å². The average Bonchev–Trinajstić information content (AvgIpc) is 2.47. The van der Waals surface area contributed by atoms with Crippen LogP contribution in [0, 0.1) is 5.92 Å². The molecule has 5 heteroatoms. The third-order valence-electron chi connectivity index (χ3n) is 3.92. The molecule has 2 aromatic heterocycles. The summed E-state index contributed by atoms with van der Waals surface area (Å²) in [4.78, 5) is 15.4. The van der Waals surface area contributed by atoms with Crippen LogP contribution in [0.5, 0.6) is 0 Å². The van der Waals surface area contributed by atoms with Gasteiger partial charge in [-0.2, -0.15) is 0 Å². The molecule has 1 atom stereocenters. The first kappa shape index (κ1) is 12.3. The first-order valence-corrected chi connectivity index (χ1v) is 6.82. The van der Waals surface area contributed by atoms with Crippen molar-refractivity contribution in [2.75, 3.05) is 18.0 Å². The summed E-state index contributed by atoms with van der Waals surface area (Å²) in [6, 6.07) is 4.31. The predicted octanol–water partition coefficient (Wildman–Crippen LogP) is 1.59. The average molecular weight is 257 g/mol. The van der Waals surface area contributed by atoms with E-state index >= 15 is 0 Å². The van der Waals surface area contributed by atoms with Crippen LogP contribution in [-0.2, 0) is 0 Å². The molecule has 0 spiro atoms. The van der Waals surface area contributed by atoms with Gasteiger partial charge in [0.25, 0.3) is 0 Å². The van der Waals surface area contributed by atoms with Gasteiger partial charge >= 0.3 is 0 Å². The van der Waals surface area contributed by atoms with Crippen LogP contribution < -0.4 is 10.6 Å². The van der Waals surface area contributed by atoms with E-state index in [-0.39, 0.29) is 6.04 Å². The van der Waals surface area contributed by atoms with Crippen LogP contribution in [0.1, 0.15) is 19.8 Å². The number of fused-ring (bicyclic) bond motifs is 1. The molecule has 0 aliphatic carbocycles. The van der Waals surface area contributed by atoms with Gasteiger partial charge in [0, 0.05) is 31.5 Å². The monoisotopic (exact) mass is 257 g/mol. The van der Waals surface area contributed by atoms with E-state index in [9.17, 15) is 0 Å². The van der Waals surface area contributed by atoms with Crippen LogP contribution in [-0.4, -0.2) is 34.1 Å². The number of piperidine rings is 1. The fourth-order valence-corrected chi connectivity index (χ4v) is 2.67. The van der Waals surface area contributed by atoms with E-state index in [0.29, 0.717) is 11.6 Å². The minimum Gasteiger partial charge on any atom is -0.357 e. The van der Waals surface area contributed by atoms with E-state index < -0.39 is 0 Å². The smallest absolute Gasteiger partial charge is 0.180 e. The Hall–Kier alpha value is -1.75. The van der Waals surface area contributed by atoms with E-state index in [4.69, 9.17) is 5.73 Å². The summed E-state index contributed by atoms with van der Waals surface area (Å²) in [5.41, 5.74) is 7.53. The predicted molar refractivity (Wildman–Crippen MR) is 75.9 cm³/mol. The molecule has 5 nitrogen and oxygen atoms in total.